The van der Waals surface area contributed by atoms with Crippen LogP contribution in [-0.2, 0) is 4.74 Å². The first-order valence-electron chi connectivity index (χ1n) is 3.93. The highest BCUT2D eigenvalue weighted by molar-refractivity contribution is 4.51. The van der Waals surface area contributed by atoms with Gasteiger partial charge in [-0.05, 0) is 6.42 Å². The topological polar surface area (TPSA) is 9.23 Å². The quantitative estimate of drug-likeness (QED) is 0.598. The van der Waals surface area contributed by atoms with Crippen molar-refractivity contribution < 1.29 is 9.13 Å². The lowest BCUT2D eigenvalue weighted by atomic mass is 10.2. The number of methoxy groups -OCH3 is 1. The van der Waals surface area contributed by atoms with Crippen LogP contribution in [0.4, 0.5) is 4.39 Å². The number of hydrogen-bond donors (Lipinski definition) is 0. The minimum absolute atomic E-state index is 0.167. The highest BCUT2D eigenvalue weighted by atomic mass is 19.1. The van der Waals surface area contributed by atoms with E-state index in [2.05, 4.69) is 0 Å². The average Bonchev–Trinajstić information content (AvgIpc) is 2.04. The summed E-state index contributed by atoms with van der Waals surface area (Å²) in [6, 6.07) is 0. The summed E-state index contributed by atoms with van der Waals surface area (Å²) in [5, 5.41) is 0. The molecule has 0 amide bonds. The van der Waals surface area contributed by atoms with E-state index in [1.54, 1.807) is 7.11 Å². The van der Waals surface area contributed by atoms with Gasteiger partial charge in [0.05, 0.1) is 6.10 Å². The molecule has 0 saturated carbocycles. The van der Waals surface area contributed by atoms with Gasteiger partial charge >= 0.3 is 0 Å². The molecule has 0 radical (unpaired) electrons. The smallest absolute Gasteiger partial charge is 0.116 e. The van der Waals surface area contributed by atoms with Gasteiger partial charge in [-0.25, -0.2) is 4.39 Å². The van der Waals surface area contributed by atoms with Crippen LogP contribution in [0, 0.1) is 0 Å². The molecule has 0 aliphatic carbocycles. The SMILES string of the molecule is CC.CCCC(CF)OC. The zero-order valence-electron chi connectivity index (χ0n) is 7.48. The molecule has 0 saturated heterocycles. The van der Waals surface area contributed by atoms with Crippen molar-refractivity contribution in [2.24, 2.45) is 0 Å². The Labute approximate surface area is 63.6 Å². The van der Waals surface area contributed by atoms with Crippen molar-refractivity contribution in [2.75, 3.05) is 13.8 Å². The molecule has 0 aliphatic heterocycles. The van der Waals surface area contributed by atoms with E-state index in [-0.39, 0.29) is 12.8 Å². The predicted octanol–water partition coefficient (Wildman–Crippen LogP) is 2.80. The molecule has 1 atom stereocenters. The highest BCUT2D eigenvalue weighted by Gasteiger charge is 2.02. The fourth-order valence-corrected chi connectivity index (χ4v) is 0.580. The van der Waals surface area contributed by atoms with Crippen molar-refractivity contribution in [3.63, 3.8) is 0 Å². The van der Waals surface area contributed by atoms with Crippen molar-refractivity contribution in [3.05, 3.63) is 0 Å². The second-order valence-corrected chi connectivity index (χ2v) is 1.80. The summed E-state index contributed by atoms with van der Waals surface area (Å²) in [6.45, 7) is 5.66. The Balaban J connectivity index is 0. The first kappa shape index (κ1) is 12.6. The highest BCUT2D eigenvalue weighted by Crippen LogP contribution is 1.99. The predicted molar refractivity (Wildman–Crippen MR) is 43.0 cm³/mol. The maximum atomic E-state index is 11.7. The van der Waals surface area contributed by atoms with Crippen LogP contribution in [-0.4, -0.2) is 19.9 Å². The van der Waals surface area contributed by atoms with Gasteiger partial charge in [0.25, 0.3) is 0 Å². The number of rotatable bonds is 4. The van der Waals surface area contributed by atoms with E-state index in [1.165, 1.54) is 0 Å². The number of hydrogen-bond acceptors (Lipinski definition) is 1. The lowest BCUT2D eigenvalue weighted by Gasteiger charge is -2.07. The molecule has 0 aliphatic rings. The molecular formula is C8H19FO. The third-order valence-corrected chi connectivity index (χ3v) is 1.12. The summed E-state index contributed by atoms with van der Waals surface area (Å²) in [6.07, 6.45) is 1.65. The molecule has 64 valence electrons. The lowest BCUT2D eigenvalue weighted by Crippen LogP contribution is -2.11. The molecule has 0 aromatic heterocycles. The summed E-state index contributed by atoms with van der Waals surface area (Å²) in [7, 11) is 1.54. The summed E-state index contributed by atoms with van der Waals surface area (Å²) < 4.78 is 16.5. The van der Waals surface area contributed by atoms with Gasteiger partial charge in [-0.3, -0.25) is 0 Å². The molecule has 1 nitrogen and oxygen atoms in total. The third-order valence-electron chi connectivity index (χ3n) is 1.12. The summed E-state index contributed by atoms with van der Waals surface area (Å²) in [4.78, 5) is 0. The van der Waals surface area contributed by atoms with Crippen molar-refractivity contribution in [1.82, 2.24) is 0 Å². The molecule has 0 heterocycles. The van der Waals surface area contributed by atoms with Crippen LogP contribution >= 0.6 is 0 Å². The molecule has 0 aromatic carbocycles. The zero-order chi connectivity index (χ0) is 8.41. The monoisotopic (exact) mass is 150 g/mol. The molecule has 0 spiro atoms. The third kappa shape index (κ3) is 7.89. The molecular weight excluding hydrogens is 131 g/mol. The summed E-state index contributed by atoms with van der Waals surface area (Å²) in [5.74, 6) is 0. The van der Waals surface area contributed by atoms with Gasteiger partial charge in [0.2, 0.25) is 0 Å². The Morgan fingerprint density at radius 1 is 1.40 bits per heavy atom. The molecule has 0 fully saturated rings. The molecule has 0 bridgehead atoms. The first-order chi connectivity index (χ1) is 4.85. The van der Waals surface area contributed by atoms with Crippen molar-refractivity contribution in [3.8, 4) is 0 Å². The summed E-state index contributed by atoms with van der Waals surface area (Å²) >= 11 is 0. The Hall–Kier alpha value is -0.110. The molecule has 2 heteroatoms. The van der Waals surface area contributed by atoms with Crippen molar-refractivity contribution >= 4 is 0 Å². The minimum Gasteiger partial charge on any atom is -0.379 e. The fourth-order valence-electron chi connectivity index (χ4n) is 0.580. The minimum atomic E-state index is -0.357. The maximum absolute atomic E-state index is 11.7. The van der Waals surface area contributed by atoms with Crippen LogP contribution in [0.25, 0.3) is 0 Å². The van der Waals surface area contributed by atoms with Crippen LogP contribution in [0.5, 0.6) is 0 Å². The summed E-state index contributed by atoms with van der Waals surface area (Å²) in [5.41, 5.74) is 0. The fraction of sp³-hybridized carbons (Fsp3) is 1.00. The van der Waals surface area contributed by atoms with Gasteiger partial charge < -0.3 is 4.74 Å². The second kappa shape index (κ2) is 11.7. The van der Waals surface area contributed by atoms with Crippen LogP contribution in [0.15, 0.2) is 0 Å². The first-order valence-corrected chi connectivity index (χ1v) is 3.93. The van der Waals surface area contributed by atoms with Crippen molar-refractivity contribution in [2.45, 2.75) is 39.7 Å². The Bertz CT molecular complexity index is 44.5. The van der Waals surface area contributed by atoms with E-state index >= 15 is 0 Å². The molecule has 0 aromatic rings. The van der Waals surface area contributed by atoms with E-state index in [9.17, 15) is 4.39 Å². The van der Waals surface area contributed by atoms with Crippen LogP contribution < -0.4 is 0 Å². The van der Waals surface area contributed by atoms with Gasteiger partial charge in [0.1, 0.15) is 6.67 Å². The van der Waals surface area contributed by atoms with Crippen molar-refractivity contribution in [1.29, 1.82) is 0 Å². The normalized spacial score (nSPS) is 11.7. The Kier molecular flexibility index (Phi) is 14.6. The van der Waals surface area contributed by atoms with E-state index in [0.717, 1.165) is 12.8 Å². The molecule has 10 heavy (non-hydrogen) atoms. The molecule has 0 rings (SSSR count). The van der Waals surface area contributed by atoms with E-state index < -0.39 is 0 Å². The molecule has 1 unspecified atom stereocenters. The number of halogens is 1. The number of alkyl halides is 1. The molecule has 0 N–H and O–H groups in total. The number of ether oxygens (including phenoxy) is 1. The maximum Gasteiger partial charge on any atom is 0.116 e. The van der Waals surface area contributed by atoms with Gasteiger partial charge in [-0.1, -0.05) is 27.2 Å². The zero-order valence-corrected chi connectivity index (χ0v) is 7.48. The van der Waals surface area contributed by atoms with Crippen LogP contribution in [0.1, 0.15) is 33.6 Å². The van der Waals surface area contributed by atoms with Gasteiger partial charge in [-0.15, -0.1) is 0 Å². The van der Waals surface area contributed by atoms with E-state index in [1.807, 2.05) is 20.8 Å². The van der Waals surface area contributed by atoms with E-state index in [0.29, 0.717) is 0 Å². The van der Waals surface area contributed by atoms with E-state index in [4.69, 9.17) is 4.74 Å². The standard InChI is InChI=1S/C6H13FO.C2H6/c1-3-4-6(5-7)8-2;1-2/h6H,3-5H2,1-2H3;1-2H3. The largest absolute Gasteiger partial charge is 0.379 e. The van der Waals surface area contributed by atoms with Crippen LogP contribution in [0.2, 0.25) is 0 Å². The van der Waals surface area contributed by atoms with Gasteiger partial charge in [0, 0.05) is 7.11 Å². The Morgan fingerprint density at radius 3 is 2.00 bits per heavy atom. The Morgan fingerprint density at radius 2 is 1.90 bits per heavy atom. The average molecular weight is 150 g/mol. The second-order valence-electron chi connectivity index (χ2n) is 1.80. The lowest BCUT2D eigenvalue weighted by molar-refractivity contribution is 0.0721. The van der Waals surface area contributed by atoms with Crippen LogP contribution in [0.3, 0.4) is 0 Å². The van der Waals surface area contributed by atoms with Gasteiger partial charge in [0.15, 0.2) is 0 Å². The van der Waals surface area contributed by atoms with Gasteiger partial charge in [-0.2, -0.15) is 0 Å².